The van der Waals surface area contributed by atoms with Crippen molar-refractivity contribution in [2.24, 2.45) is 11.8 Å². The van der Waals surface area contributed by atoms with Crippen molar-refractivity contribution in [2.45, 2.75) is 103 Å². The van der Waals surface area contributed by atoms with E-state index in [-0.39, 0.29) is 35.2 Å². The van der Waals surface area contributed by atoms with E-state index in [4.69, 9.17) is 10.1 Å². The van der Waals surface area contributed by atoms with Gasteiger partial charge in [-0.05, 0) is 88.3 Å². The van der Waals surface area contributed by atoms with Crippen LogP contribution in [0.15, 0.2) is 47.3 Å². The van der Waals surface area contributed by atoms with Gasteiger partial charge in [-0.3, -0.25) is 15.0 Å². The Morgan fingerprint density at radius 2 is 1.87 bits per heavy atom. The van der Waals surface area contributed by atoms with E-state index in [1.807, 2.05) is 13.0 Å². The number of esters is 1. The molecule has 1 aromatic rings. The molecule has 2 fully saturated rings. The molecular weight excluding hydrogens is 493 g/mol. The third-order valence-corrected chi connectivity index (χ3v) is 8.42. The Labute approximate surface area is 232 Å². The number of carbonyl (C=O) groups excluding carboxylic acids is 2. The highest BCUT2D eigenvalue weighted by Gasteiger charge is 2.29. The van der Waals surface area contributed by atoms with Crippen molar-refractivity contribution in [3.8, 4) is 0 Å². The minimum Gasteiger partial charge on any atom is -0.466 e. The largest absolute Gasteiger partial charge is 0.466 e. The fourth-order valence-electron chi connectivity index (χ4n) is 6.40. The number of amides is 1. The van der Waals surface area contributed by atoms with Gasteiger partial charge in [-0.1, -0.05) is 43.4 Å². The molecular formula is C32H44FN3O3. The van der Waals surface area contributed by atoms with Crippen LogP contribution in [0.3, 0.4) is 0 Å². The van der Waals surface area contributed by atoms with Gasteiger partial charge in [0.25, 0.3) is 5.91 Å². The topological polar surface area (TPSA) is 91.3 Å². The Bertz CT molecular complexity index is 1090. The van der Waals surface area contributed by atoms with Gasteiger partial charge in [-0.15, -0.1) is 0 Å². The quantitative estimate of drug-likeness (QED) is 0.234. The Hall–Kier alpha value is -2.96. The van der Waals surface area contributed by atoms with Gasteiger partial charge in [0.2, 0.25) is 0 Å². The van der Waals surface area contributed by atoms with E-state index in [0.717, 1.165) is 73.8 Å². The number of hydrogen-bond donors (Lipinski definition) is 3. The van der Waals surface area contributed by atoms with Crippen molar-refractivity contribution < 1.29 is 18.7 Å². The van der Waals surface area contributed by atoms with Gasteiger partial charge >= 0.3 is 5.97 Å². The van der Waals surface area contributed by atoms with Gasteiger partial charge < -0.3 is 15.4 Å². The molecule has 1 aromatic carbocycles. The van der Waals surface area contributed by atoms with Gasteiger partial charge in [0, 0.05) is 35.9 Å². The maximum Gasteiger partial charge on any atom is 0.306 e. The molecule has 4 rings (SSSR count). The van der Waals surface area contributed by atoms with Gasteiger partial charge in [-0.2, -0.15) is 0 Å². The van der Waals surface area contributed by atoms with Crippen LogP contribution in [0.1, 0.15) is 96.0 Å². The van der Waals surface area contributed by atoms with Crippen molar-refractivity contribution >= 4 is 17.6 Å². The first kappa shape index (κ1) is 29.0. The predicted octanol–water partition coefficient (Wildman–Crippen LogP) is 6.51. The third kappa shape index (κ3) is 8.51. The second-order valence-electron chi connectivity index (χ2n) is 11.4. The van der Waals surface area contributed by atoms with E-state index in [9.17, 15) is 14.0 Å². The molecule has 39 heavy (non-hydrogen) atoms. The number of hydrogen-bond acceptors (Lipinski definition) is 5. The molecule has 0 aliphatic heterocycles. The summed E-state index contributed by atoms with van der Waals surface area (Å²) < 4.78 is 19.0. The van der Waals surface area contributed by atoms with Crippen LogP contribution >= 0.6 is 0 Å². The number of benzene rings is 1. The van der Waals surface area contributed by atoms with E-state index in [1.54, 1.807) is 18.3 Å². The highest BCUT2D eigenvalue weighted by molar-refractivity contribution is 6.44. The van der Waals surface area contributed by atoms with Crippen LogP contribution in [0.5, 0.6) is 0 Å². The molecule has 212 valence electrons. The van der Waals surface area contributed by atoms with Crippen LogP contribution in [-0.2, 0) is 20.7 Å². The first-order valence-corrected chi connectivity index (χ1v) is 14.9. The maximum absolute atomic E-state index is 14.0. The average Bonchev–Trinajstić information content (AvgIpc) is 3.28. The molecule has 0 heterocycles. The number of carbonyl (C=O) groups is 2. The van der Waals surface area contributed by atoms with E-state index in [0.29, 0.717) is 31.9 Å². The molecule has 3 aliphatic carbocycles. The number of ether oxygens (including phenoxy) is 1. The van der Waals surface area contributed by atoms with E-state index in [1.165, 1.54) is 25.3 Å². The van der Waals surface area contributed by atoms with Crippen LogP contribution in [0.25, 0.3) is 0 Å². The van der Waals surface area contributed by atoms with Crippen molar-refractivity contribution in [3.05, 3.63) is 58.7 Å². The zero-order valence-corrected chi connectivity index (χ0v) is 23.3. The van der Waals surface area contributed by atoms with Gasteiger partial charge in [0.15, 0.2) is 0 Å². The van der Waals surface area contributed by atoms with Crippen molar-refractivity contribution in [3.63, 3.8) is 0 Å². The second-order valence-corrected chi connectivity index (χ2v) is 11.4. The van der Waals surface area contributed by atoms with Gasteiger partial charge in [-0.25, -0.2) is 4.39 Å². The normalized spacial score (nSPS) is 23.4. The maximum atomic E-state index is 14.0. The molecule has 3 N–H and O–H groups in total. The third-order valence-electron chi connectivity index (χ3n) is 8.42. The van der Waals surface area contributed by atoms with Crippen LogP contribution in [0, 0.1) is 23.1 Å². The number of rotatable bonds is 10. The fourth-order valence-corrected chi connectivity index (χ4v) is 6.40. The minimum absolute atomic E-state index is 0.0253. The minimum atomic E-state index is -0.388. The lowest BCUT2D eigenvalue weighted by Gasteiger charge is -2.30. The number of allylic oxidation sites excluding steroid dienone is 2. The Kier molecular flexibility index (Phi) is 10.7. The highest BCUT2D eigenvalue weighted by Crippen LogP contribution is 2.34. The van der Waals surface area contributed by atoms with Crippen LogP contribution in [-0.4, -0.2) is 30.2 Å². The summed E-state index contributed by atoms with van der Waals surface area (Å²) in [4.78, 5) is 25.1. The summed E-state index contributed by atoms with van der Waals surface area (Å²) in [6.45, 7) is 2.20. The van der Waals surface area contributed by atoms with Crippen LogP contribution < -0.4 is 10.6 Å². The molecule has 0 aromatic heterocycles. The predicted molar refractivity (Wildman–Crippen MR) is 152 cm³/mol. The van der Waals surface area contributed by atoms with Crippen molar-refractivity contribution in [1.29, 1.82) is 5.41 Å². The number of nitrogens with one attached hydrogen (secondary N) is 3. The fraction of sp³-hybridized carbons (Fsp3) is 0.594. The van der Waals surface area contributed by atoms with E-state index >= 15 is 0 Å². The van der Waals surface area contributed by atoms with E-state index in [2.05, 4.69) is 10.6 Å². The van der Waals surface area contributed by atoms with Crippen molar-refractivity contribution in [2.75, 3.05) is 6.61 Å². The standard InChI is InChI=1S/C32H44FN3O3/c1-2-39-29(37)20-23-15-16-24(17-23)21-35-32(38)30(34)28-14-7-6-10-25(18-22-9-8-11-26(33)19-22)31(28)36-27-12-4-3-5-13-27/h8-9,11,19,21,23,25,27,34,36H,2-7,10,12-18,20H2,1H3,(H,35,38)/b24-21+,34-30?. The first-order chi connectivity index (χ1) is 18.9. The lowest BCUT2D eigenvalue weighted by Crippen LogP contribution is -2.37. The second kappa shape index (κ2) is 14.4. The molecule has 1 amide bonds. The zero-order valence-electron chi connectivity index (χ0n) is 23.3. The van der Waals surface area contributed by atoms with E-state index < -0.39 is 0 Å². The summed E-state index contributed by atoms with van der Waals surface area (Å²) >= 11 is 0. The molecule has 7 heteroatoms. The Morgan fingerprint density at radius 3 is 2.64 bits per heavy atom. The summed E-state index contributed by atoms with van der Waals surface area (Å²) in [6.07, 6.45) is 14.8. The van der Waals surface area contributed by atoms with Crippen LogP contribution in [0.4, 0.5) is 4.39 Å². The molecule has 0 bridgehead atoms. The lowest BCUT2D eigenvalue weighted by molar-refractivity contribution is -0.144. The smallest absolute Gasteiger partial charge is 0.306 e. The number of halogens is 1. The van der Waals surface area contributed by atoms with Gasteiger partial charge in [0.1, 0.15) is 11.5 Å². The SMILES string of the molecule is CCOC(=O)CC1CC/C(=C\NC(=O)C(=N)C2=C(NC3CCCCC3)C(Cc3cccc(F)c3)CCCC2)C1. The van der Waals surface area contributed by atoms with Gasteiger partial charge in [0.05, 0.1) is 6.61 Å². The molecule has 0 radical (unpaired) electrons. The summed E-state index contributed by atoms with van der Waals surface area (Å²) in [7, 11) is 0. The molecule has 3 aliphatic rings. The molecule has 0 saturated heterocycles. The first-order valence-electron chi connectivity index (χ1n) is 14.9. The Balaban J connectivity index is 1.49. The molecule has 2 saturated carbocycles. The summed E-state index contributed by atoms with van der Waals surface area (Å²) in [5, 5.41) is 15.6. The molecule has 6 nitrogen and oxygen atoms in total. The zero-order chi connectivity index (χ0) is 27.6. The summed E-state index contributed by atoms with van der Waals surface area (Å²) in [6, 6.07) is 7.14. The molecule has 0 spiro atoms. The summed E-state index contributed by atoms with van der Waals surface area (Å²) in [5.41, 5.74) is 3.90. The Morgan fingerprint density at radius 1 is 1.08 bits per heavy atom. The molecule has 2 atom stereocenters. The molecule has 2 unspecified atom stereocenters. The van der Waals surface area contributed by atoms with Crippen molar-refractivity contribution in [1.82, 2.24) is 10.6 Å². The monoisotopic (exact) mass is 537 g/mol. The van der Waals surface area contributed by atoms with Crippen LogP contribution in [0.2, 0.25) is 0 Å². The highest BCUT2D eigenvalue weighted by atomic mass is 19.1. The summed E-state index contributed by atoms with van der Waals surface area (Å²) in [5.74, 6) is -0.424. The average molecular weight is 538 g/mol. The lowest BCUT2D eigenvalue weighted by atomic mass is 9.88.